The third-order valence-electron chi connectivity index (χ3n) is 7.18. The molecule has 0 radical (unpaired) electrons. The molecule has 0 atom stereocenters. The molecule has 0 spiro atoms. The van der Waals surface area contributed by atoms with Crippen LogP contribution in [0.3, 0.4) is 0 Å². The molecule has 0 saturated carbocycles. The van der Waals surface area contributed by atoms with Crippen LogP contribution in [-0.2, 0) is 4.74 Å². The van der Waals surface area contributed by atoms with Gasteiger partial charge in [0.25, 0.3) is 5.91 Å². The highest BCUT2D eigenvalue weighted by atomic mass is 19.4. The van der Waals surface area contributed by atoms with Crippen molar-refractivity contribution in [1.29, 1.82) is 0 Å². The molecule has 1 saturated heterocycles. The third-order valence-corrected chi connectivity index (χ3v) is 7.18. The average molecular weight is 627 g/mol. The highest BCUT2D eigenvalue weighted by Crippen LogP contribution is 2.35. The molecular formula is C29H23F5N8O3. The highest BCUT2D eigenvalue weighted by molar-refractivity contribution is 6.03. The van der Waals surface area contributed by atoms with Crippen molar-refractivity contribution in [2.45, 2.75) is 25.1 Å². The number of hydrogen-bond acceptors (Lipinski definition) is 7. The van der Waals surface area contributed by atoms with Crippen LogP contribution < -0.4 is 5.32 Å². The van der Waals surface area contributed by atoms with Crippen molar-refractivity contribution >= 4 is 23.5 Å². The van der Waals surface area contributed by atoms with Gasteiger partial charge in [0.2, 0.25) is 5.95 Å². The van der Waals surface area contributed by atoms with Crippen molar-refractivity contribution in [1.82, 2.24) is 34.0 Å². The van der Waals surface area contributed by atoms with E-state index >= 15 is 0 Å². The van der Waals surface area contributed by atoms with E-state index in [1.807, 2.05) is 4.57 Å². The Kier molecular flexibility index (Phi) is 7.87. The summed E-state index contributed by atoms with van der Waals surface area (Å²) in [6.07, 6.45) is -0.600. The summed E-state index contributed by atoms with van der Waals surface area (Å²) in [6.45, 7) is -1.35. The summed E-state index contributed by atoms with van der Waals surface area (Å²) in [4.78, 5) is 38.4. The number of ether oxygens (including phenoxy) is 1. The SMILES string of the molecule is O=C(Nc1cn2nc(-c3c(-c4ccc(F)cc4)ncn3C3CCN(C(=O)OCC(F)(F)F)CC3)ccc2n1)c1ccnc(F)c1. The lowest BCUT2D eigenvalue weighted by molar-refractivity contribution is -0.162. The minimum atomic E-state index is -4.62. The van der Waals surface area contributed by atoms with Gasteiger partial charge in [-0.3, -0.25) is 4.79 Å². The molecule has 11 nitrogen and oxygen atoms in total. The normalized spacial score (nSPS) is 14.1. The van der Waals surface area contributed by atoms with Crippen molar-refractivity contribution in [3.63, 3.8) is 0 Å². The number of likely N-dealkylation sites (tertiary alicyclic amines) is 1. The smallest absolute Gasteiger partial charge is 0.422 e. The second-order valence-corrected chi connectivity index (χ2v) is 10.2. The van der Waals surface area contributed by atoms with Gasteiger partial charge in [-0.05, 0) is 55.3 Å². The highest BCUT2D eigenvalue weighted by Gasteiger charge is 2.33. The molecule has 16 heteroatoms. The fraction of sp³-hybridized carbons (Fsp3) is 0.241. The van der Waals surface area contributed by atoms with E-state index in [-0.39, 0.29) is 30.5 Å². The Balaban J connectivity index is 1.28. The van der Waals surface area contributed by atoms with E-state index in [4.69, 9.17) is 0 Å². The number of benzene rings is 1. The van der Waals surface area contributed by atoms with Gasteiger partial charge in [0, 0.05) is 42.5 Å². The molecule has 232 valence electrons. The van der Waals surface area contributed by atoms with Gasteiger partial charge in [0.15, 0.2) is 18.1 Å². The lowest BCUT2D eigenvalue weighted by Gasteiger charge is -2.32. The van der Waals surface area contributed by atoms with Crippen molar-refractivity contribution in [2.75, 3.05) is 25.0 Å². The first-order chi connectivity index (χ1) is 21.5. The lowest BCUT2D eigenvalue weighted by Crippen LogP contribution is -2.40. The lowest BCUT2D eigenvalue weighted by atomic mass is 10.0. The molecule has 5 aromatic rings. The predicted molar refractivity (Wildman–Crippen MR) is 149 cm³/mol. The average Bonchev–Trinajstić information content (AvgIpc) is 3.64. The third kappa shape index (κ3) is 6.58. The van der Waals surface area contributed by atoms with Gasteiger partial charge in [0.05, 0.1) is 23.9 Å². The number of anilines is 1. The number of carbonyl (C=O) groups excluding carboxylic acids is 2. The molecule has 1 aromatic carbocycles. The number of nitrogens with one attached hydrogen (secondary N) is 1. The van der Waals surface area contributed by atoms with Crippen molar-refractivity contribution in [2.24, 2.45) is 0 Å². The number of pyridine rings is 1. The quantitative estimate of drug-likeness (QED) is 0.195. The summed E-state index contributed by atoms with van der Waals surface area (Å²) < 4.78 is 72.4. The Morgan fingerprint density at radius 1 is 1.00 bits per heavy atom. The van der Waals surface area contributed by atoms with Gasteiger partial charge in [-0.2, -0.15) is 22.7 Å². The number of nitrogens with zero attached hydrogens (tertiary/aromatic N) is 7. The van der Waals surface area contributed by atoms with Gasteiger partial charge in [-0.25, -0.2) is 28.7 Å². The zero-order chi connectivity index (χ0) is 31.7. The number of rotatable bonds is 6. The van der Waals surface area contributed by atoms with E-state index in [2.05, 4.69) is 30.1 Å². The topological polar surface area (TPSA) is 120 Å². The van der Waals surface area contributed by atoms with Gasteiger partial charge in [0.1, 0.15) is 11.5 Å². The second-order valence-electron chi connectivity index (χ2n) is 10.2. The van der Waals surface area contributed by atoms with Crippen LogP contribution >= 0.6 is 0 Å². The molecule has 5 heterocycles. The van der Waals surface area contributed by atoms with E-state index in [0.29, 0.717) is 41.1 Å². The number of imidazole rings is 2. The fourth-order valence-corrected chi connectivity index (χ4v) is 5.07. The van der Waals surface area contributed by atoms with E-state index in [9.17, 15) is 31.5 Å². The van der Waals surface area contributed by atoms with Crippen LogP contribution in [0.1, 0.15) is 29.2 Å². The Bertz CT molecular complexity index is 1860. The van der Waals surface area contributed by atoms with Crippen LogP contribution in [0.15, 0.2) is 67.3 Å². The van der Waals surface area contributed by atoms with Gasteiger partial charge in [-0.1, -0.05) is 0 Å². The maximum atomic E-state index is 13.7. The Labute approximate surface area is 251 Å². The molecular weight excluding hydrogens is 603 g/mol. The van der Waals surface area contributed by atoms with Crippen LogP contribution in [0.5, 0.6) is 0 Å². The van der Waals surface area contributed by atoms with Gasteiger partial charge >= 0.3 is 12.3 Å². The molecule has 1 N–H and O–H groups in total. The Hall–Kier alpha value is -5.41. The number of aromatic nitrogens is 6. The number of hydrogen-bond donors (Lipinski definition) is 1. The largest absolute Gasteiger partial charge is 0.440 e. The van der Waals surface area contributed by atoms with Crippen molar-refractivity contribution in [3.8, 4) is 22.6 Å². The molecule has 0 bridgehead atoms. The van der Waals surface area contributed by atoms with Crippen LogP contribution in [0.4, 0.5) is 32.6 Å². The number of amides is 2. The van der Waals surface area contributed by atoms with Crippen LogP contribution in [0, 0.1) is 11.8 Å². The molecule has 0 aliphatic carbocycles. The molecule has 6 rings (SSSR count). The van der Waals surface area contributed by atoms with E-state index in [1.165, 1.54) is 40.0 Å². The van der Waals surface area contributed by atoms with Crippen molar-refractivity contribution in [3.05, 3.63) is 84.6 Å². The monoisotopic (exact) mass is 626 g/mol. The predicted octanol–water partition coefficient (Wildman–Crippen LogP) is 5.52. The van der Waals surface area contributed by atoms with Gasteiger partial charge in [-0.15, -0.1) is 0 Å². The molecule has 1 aliphatic rings. The molecule has 0 unspecified atom stereocenters. The number of halogens is 5. The van der Waals surface area contributed by atoms with E-state index in [1.54, 1.807) is 30.6 Å². The molecule has 45 heavy (non-hydrogen) atoms. The van der Waals surface area contributed by atoms with E-state index < -0.39 is 36.5 Å². The summed E-state index contributed by atoms with van der Waals surface area (Å²) in [5, 5.41) is 7.29. The number of carbonyl (C=O) groups is 2. The van der Waals surface area contributed by atoms with Crippen LogP contribution in [0.2, 0.25) is 0 Å². The first-order valence-electron chi connectivity index (χ1n) is 13.6. The minimum Gasteiger partial charge on any atom is -0.440 e. The molecule has 2 amide bonds. The standard InChI is InChI=1S/C29H23F5N8O3/c30-19-3-1-17(2-4-19)25-26(41(16-36-25)20-8-11-40(12-9-20)28(44)45-15-29(32,33)34)21-5-6-24-37-23(14-42(24)39-21)38-27(43)18-7-10-35-22(31)13-18/h1-7,10,13-14,16,20H,8-9,11-12,15H2,(H,38,43). The summed E-state index contributed by atoms with van der Waals surface area (Å²) >= 11 is 0. The number of fused-ring (bicyclic) bond motifs is 1. The molecule has 1 fully saturated rings. The first kappa shape index (κ1) is 29.7. The molecule has 1 aliphatic heterocycles. The minimum absolute atomic E-state index is 0.0562. The summed E-state index contributed by atoms with van der Waals surface area (Å²) in [6, 6.07) is 11.3. The van der Waals surface area contributed by atoms with Crippen LogP contribution in [0.25, 0.3) is 28.3 Å². The van der Waals surface area contributed by atoms with E-state index in [0.717, 1.165) is 6.07 Å². The summed E-state index contributed by atoms with van der Waals surface area (Å²) in [5.74, 6) is -1.65. The molecule has 4 aromatic heterocycles. The maximum Gasteiger partial charge on any atom is 0.422 e. The zero-order valence-corrected chi connectivity index (χ0v) is 23.2. The number of alkyl halides is 3. The fourth-order valence-electron chi connectivity index (χ4n) is 5.07. The van der Waals surface area contributed by atoms with Crippen LogP contribution in [-0.4, -0.2) is 71.9 Å². The summed E-state index contributed by atoms with van der Waals surface area (Å²) in [5.41, 5.74) is 2.60. The van der Waals surface area contributed by atoms with Crippen molar-refractivity contribution < 1.29 is 36.3 Å². The maximum absolute atomic E-state index is 13.7. The second kappa shape index (κ2) is 11.9. The first-order valence-corrected chi connectivity index (χ1v) is 13.6. The van der Waals surface area contributed by atoms with Gasteiger partial charge < -0.3 is 19.5 Å². The Morgan fingerprint density at radius 3 is 2.47 bits per heavy atom. The summed E-state index contributed by atoms with van der Waals surface area (Å²) in [7, 11) is 0. The zero-order valence-electron chi connectivity index (χ0n) is 23.2. The number of piperidine rings is 1. The Morgan fingerprint density at radius 2 is 1.76 bits per heavy atom.